The van der Waals surface area contributed by atoms with Gasteiger partial charge in [-0.05, 0) is 23.8 Å². The maximum absolute atomic E-state index is 12.7. The van der Waals surface area contributed by atoms with Gasteiger partial charge in [-0.2, -0.15) is 5.10 Å². The Morgan fingerprint density at radius 2 is 1.70 bits per heavy atom. The van der Waals surface area contributed by atoms with Gasteiger partial charge in [0.25, 0.3) is 5.91 Å². The van der Waals surface area contributed by atoms with E-state index in [1.54, 1.807) is 24.5 Å². The number of carbonyl (C=O) groups is 1. The Labute approximate surface area is 156 Å². The highest BCUT2D eigenvalue weighted by atomic mass is 16.6. The third kappa shape index (κ3) is 3.79. The van der Waals surface area contributed by atoms with Gasteiger partial charge < -0.3 is 9.47 Å². The molecule has 4 rings (SSSR count). The number of nitrogens with one attached hydrogen (secondary N) is 1. The van der Waals surface area contributed by atoms with E-state index < -0.39 is 18.1 Å². The molecule has 134 valence electrons. The minimum atomic E-state index is -0.867. The molecule has 1 aromatic heterocycles. The number of benzene rings is 2. The number of amides is 1. The van der Waals surface area contributed by atoms with E-state index in [1.807, 2.05) is 54.6 Å². The molecule has 0 saturated heterocycles. The number of carbonyl (C=O) groups excluding carboxylic acids is 1. The second kappa shape index (κ2) is 7.70. The van der Waals surface area contributed by atoms with Crippen molar-refractivity contribution >= 4 is 12.1 Å². The largest absolute Gasteiger partial charge is 0.477 e. The number of hydrazone groups is 1. The lowest BCUT2D eigenvalue weighted by Crippen LogP contribution is -2.44. The van der Waals surface area contributed by atoms with E-state index in [0.29, 0.717) is 11.5 Å². The zero-order valence-electron chi connectivity index (χ0n) is 14.4. The van der Waals surface area contributed by atoms with Crippen LogP contribution in [0, 0.1) is 0 Å². The molecule has 2 atom stereocenters. The number of hydrogen-bond acceptors (Lipinski definition) is 5. The fourth-order valence-corrected chi connectivity index (χ4v) is 2.81. The Morgan fingerprint density at radius 3 is 2.44 bits per heavy atom. The summed E-state index contributed by atoms with van der Waals surface area (Å²) in [5, 5.41) is 4.00. The third-order valence-corrected chi connectivity index (χ3v) is 4.09. The Kier molecular flexibility index (Phi) is 4.78. The minimum Gasteiger partial charge on any atom is -0.477 e. The molecule has 0 unspecified atom stereocenters. The van der Waals surface area contributed by atoms with Crippen molar-refractivity contribution in [3.05, 3.63) is 90.3 Å². The molecule has 6 nitrogen and oxygen atoms in total. The van der Waals surface area contributed by atoms with Gasteiger partial charge in [-0.25, -0.2) is 5.43 Å². The molecule has 0 fully saturated rings. The van der Waals surface area contributed by atoms with Gasteiger partial charge in [-0.3, -0.25) is 9.78 Å². The molecule has 0 aliphatic carbocycles. The normalized spacial score (nSPS) is 18.2. The van der Waals surface area contributed by atoms with E-state index in [1.165, 1.54) is 6.21 Å². The number of fused-ring (bicyclic) bond motifs is 1. The smallest absolute Gasteiger partial charge is 0.285 e. The summed E-state index contributed by atoms with van der Waals surface area (Å²) in [6.45, 7) is 0. The van der Waals surface area contributed by atoms with Crippen LogP contribution in [0.3, 0.4) is 0 Å². The lowest BCUT2D eigenvalue weighted by molar-refractivity contribution is -0.134. The van der Waals surface area contributed by atoms with Crippen LogP contribution < -0.4 is 14.9 Å². The molecule has 1 amide bonds. The SMILES string of the molecule is O=C(N/N=C\c1cccnc1)[C@@H]1Oc2ccccc2O[C@H]1c1ccccc1. The first-order chi connectivity index (χ1) is 13.3. The molecule has 3 aromatic rings. The summed E-state index contributed by atoms with van der Waals surface area (Å²) >= 11 is 0. The van der Waals surface area contributed by atoms with Crippen LogP contribution in [0.4, 0.5) is 0 Å². The summed E-state index contributed by atoms with van der Waals surface area (Å²) in [4.78, 5) is 16.7. The van der Waals surface area contributed by atoms with Crippen molar-refractivity contribution < 1.29 is 14.3 Å². The number of aromatic nitrogens is 1. The van der Waals surface area contributed by atoms with Gasteiger partial charge in [0.2, 0.25) is 6.10 Å². The van der Waals surface area contributed by atoms with E-state index >= 15 is 0 Å². The van der Waals surface area contributed by atoms with Crippen LogP contribution in [0.25, 0.3) is 0 Å². The second-order valence-corrected chi connectivity index (χ2v) is 5.95. The van der Waals surface area contributed by atoms with Crippen LogP contribution in [0.2, 0.25) is 0 Å². The van der Waals surface area contributed by atoms with Crippen LogP contribution in [-0.2, 0) is 4.79 Å². The third-order valence-electron chi connectivity index (χ3n) is 4.09. The van der Waals surface area contributed by atoms with Crippen molar-refractivity contribution in [1.29, 1.82) is 0 Å². The molecule has 6 heteroatoms. The summed E-state index contributed by atoms with van der Waals surface area (Å²) in [5.41, 5.74) is 4.16. The standard InChI is InChI=1S/C21H17N3O3/c25-21(24-23-14-15-7-6-12-22-13-15)20-19(16-8-2-1-3-9-16)26-17-10-4-5-11-18(17)27-20/h1-14,19-20H,(H,24,25)/b23-14-/t19-,20+/m0/s1. The fraction of sp³-hybridized carbons (Fsp3) is 0.0952. The van der Waals surface area contributed by atoms with Crippen molar-refractivity contribution in [2.45, 2.75) is 12.2 Å². The lowest BCUT2D eigenvalue weighted by Gasteiger charge is -2.32. The van der Waals surface area contributed by atoms with Gasteiger partial charge in [0, 0.05) is 18.0 Å². The molecule has 0 spiro atoms. The first-order valence-electron chi connectivity index (χ1n) is 8.51. The lowest BCUT2D eigenvalue weighted by atomic mass is 10.0. The van der Waals surface area contributed by atoms with Gasteiger partial charge >= 0.3 is 0 Å². The van der Waals surface area contributed by atoms with Crippen molar-refractivity contribution in [1.82, 2.24) is 10.4 Å². The highest BCUT2D eigenvalue weighted by Crippen LogP contribution is 2.39. The summed E-state index contributed by atoms with van der Waals surface area (Å²) in [5.74, 6) is 0.744. The molecule has 1 aliphatic rings. The van der Waals surface area contributed by atoms with Gasteiger partial charge in [-0.1, -0.05) is 48.5 Å². The maximum atomic E-state index is 12.7. The molecule has 27 heavy (non-hydrogen) atoms. The van der Waals surface area contributed by atoms with Crippen molar-refractivity contribution in [2.24, 2.45) is 5.10 Å². The Balaban J connectivity index is 1.56. The number of para-hydroxylation sites is 2. The number of ether oxygens (including phenoxy) is 2. The second-order valence-electron chi connectivity index (χ2n) is 5.95. The molecule has 2 heterocycles. The Hall–Kier alpha value is -3.67. The molecule has 0 bridgehead atoms. The molecule has 0 saturated carbocycles. The first-order valence-corrected chi connectivity index (χ1v) is 8.51. The Bertz CT molecular complexity index is 945. The summed E-state index contributed by atoms with van der Waals surface area (Å²) in [6, 6.07) is 20.4. The molecular weight excluding hydrogens is 342 g/mol. The van der Waals surface area contributed by atoms with E-state index in [0.717, 1.165) is 11.1 Å². The molecule has 1 aliphatic heterocycles. The minimum absolute atomic E-state index is 0.390. The van der Waals surface area contributed by atoms with Gasteiger partial charge in [0.05, 0.1) is 6.21 Å². The van der Waals surface area contributed by atoms with Crippen molar-refractivity contribution in [3.63, 3.8) is 0 Å². The maximum Gasteiger partial charge on any atom is 0.285 e. The monoisotopic (exact) mass is 359 g/mol. The first kappa shape index (κ1) is 16.8. The predicted molar refractivity (Wildman–Crippen MR) is 101 cm³/mol. The number of nitrogens with zero attached hydrogens (tertiary/aromatic N) is 2. The number of rotatable bonds is 4. The highest BCUT2D eigenvalue weighted by molar-refractivity contribution is 5.85. The molecule has 0 radical (unpaired) electrons. The molecular formula is C21H17N3O3. The van der Waals surface area contributed by atoms with Gasteiger partial charge in [0.15, 0.2) is 17.6 Å². The van der Waals surface area contributed by atoms with Crippen molar-refractivity contribution in [2.75, 3.05) is 0 Å². The van der Waals surface area contributed by atoms with Crippen molar-refractivity contribution in [3.8, 4) is 11.5 Å². The zero-order valence-corrected chi connectivity index (χ0v) is 14.4. The quantitative estimate of drug-likeness (QED) is 0.574. The predicted octanol–water partition coefficient (Wildman–Crippen LogP) is 3.11. The van der Waals surface area contributed by atoms with Crippen LogP contribution in [0.1, 0.15) is 17.2 Å². The van der Waals surface area contributed by atoms with Crippen LogP contribution in [0.15, 0.2) is 84.2 Å². The van der Waals surface area contributed by atoms with E-state index in [4.69, 9.17) is 9.47 Å². The summed E-state index contributed by atoms with van der Waals surface area (Å²) in [7, 11) is 0. The zero-order chi connectivity index (χ0) is 18.5. The van der Waals surface area contributed by atoms with Crippen LogP contribution in [0.5, 0.6) is 11.5 Å². The van der Waals surface area contributed by atoms with Crippen LogP contribution >= 0.6 is 0 Å². The van der Waals surface area contributed by atoms with E-state index in [2.05, 4.69) is 15.5 Å². The fourth-order valence-electron chi connectivity index (χ4n) is 2.81. The summed E-state index contributed by atoms with van der Waals surface area (Å²) < 4.78 is 12.0. The number of pyridine rings is 1. The molecule has 2 aromatic carbocycles. The summed E-state index contributed by atoms with van der Waals surface area (Å²) in [6.07, 6.45) is 3.41. The number of hydrogen-bond donors (Lipinski definition) is 1. The highest BCUT2D eigenvalue weighted by Gasteiger charge is 2.38. The molecule has 1 N–H and O–H groups in total. The Morgan fingerprint density at radius 1 is 0.963 bits per heavy atom. The van der Waals surface area contributed by atoms with E-state index in [9.17, 15) is 4.79 Å². The van der Waals surface area contributed by atoms with Crippen LogP contribution in [-0.4, -0.2) is 23.2 Å². The van der Waals surface area contributed by atoms with Gasteiger partial charge in [0.1, 0.15) is 0 Å². The van der Waals surface area contributed by atoms with Gasteiger partial charge in [-0.15, -0.1) is 0 Å². The van der Waals surface area contributed by atoms with E-state index in [-0.39, 0.29) is 0 Å². The average Bonchev–Trinajstić information content (AvgIpc) is 2.74. The topological polar surface area (TPSA) is 72.8 Å². The average molecular weight is 359 g/mol.